The van der Waals surface area contributed by atoms with E-state index in [0.717, 1.165) is 23.4 Å². The molecule has 0 aliphatic carbocycles. The van der Waals surface area contributed by atoms with E-state index in [1.165, 1.54) is 6.26 Å². The van der Waals surface area contributed by atoms with E-state index < -0.39 is 0 Å². The number of piperidine rings is 1. The third-order valence-corrected chi connectivity index (χ3v) is 6.50. The van der Waals surface area contributed by atoms with Crippen molar-refractivity contribution >= 4 is 5.91 Å². The fourth-order valence-corrected chi connectivity index (χ4v) is 5.13. The van der Waals surface area contributed by atoms with Crippen LogP contribution in [0.3, 0.4) is 0 Å². The highest BCUT2D eigenvalue weighted by Crippen LogP contribution is 2.42. The van der Waals surface area contributed by atoms with Crippen LogP contribution in [0, 0.1) is 12.8 Å². The number of methoxy groups -OCH3 is 1. The summed E-state index contributed by atoms with van der Waals surface area (Å²) in [5, 5.41) is 0. The number of pyridine rings is 1. The standard InChI is InChI=1S/C24H25N3O4/c1-15-25-20(14-31-15)24(29)26-12-17-11-18(13-26)22(27-21(17)7-4-8-23(27)28)10-16-5-3-6-19(9-16)30-2/h3-9,14,17-18,22H,10-13H2,1-2H3/t17-,18+,22+/m1/s1. The summed E-state index contributed by atoms with van der Waals surface area (Å²) in [6.45, 7) is 2.90. The Hall–Kier alpha value is -3.35. The molecule has 3 atom stereocenters. The van der Waals surface area contributed by atoms with Crippen molar-refractivity contribution in [1.29, 1.82) is 0 Å². The van der Waals surface area contributed by atoms with E-state index >= 15 is 0 Å². The van der Waals surface area contributed by atoms with Crippen molar-refractivity contribution in [3.8, 4) is 5.75 Å². The molecular formula is C24H25N3O4. The Balaban J connectivity index is 1.51. The van der Waals surface area contributed by atoms with Gasteiger partial charge < -0.3 is 18.6 Å². The van der Waals surface area contributed by atoms with Gasteiger partial charge in [0.15, 0.2) is 11.6 Å². The van der Waals surface area contributed by atoms with Gasteiger partial charge in [-0.2, -0.15) is 0 Å². The minimum atomic E-state index is -0.113. The van der Waals surface area contributed by atoms with Crippen LogP contribution in [0.1, 0.15) is 46.0 Å². The smallest absolute Gasteiger partial charge is 0.275 e. The van der Waals surface area contributed by atoms with Crippen LogP contribution in [0.4, 0.5) is 0 Å². The number of aryl methyl sites for hydroxylation is 1. The summed E-state index contributed by atoms with van der Waals surface area (Å²) in [5.74, 6) is 1.47. The first-order valence-corrected chi connectivity index (χ1v) is 10.6. The predicted octanol–water partition coefficient (Wildman–Crippen LogP) is 3.20. The molecule has 2 aliphatic rings. The lowest BCUT2D eigenvalue weighted by Gasteiger charge is -2.47. The summed E-state index contributed by atoms with van der Waals surface area (Å²) in [6, 6.07) is 13.4. The highest BCUT2D eigenvalue weighted by Gasteiger charge is 2.42. The molecule has 4 heterocycles. The van der Waals surface area contributed by atoms with Crippen LogP contribution in [0.15, 0.2) is 57.9 Å². The van der Waals surface area contributed by atoms with Crippen molar-refractivity contribution in [3.63, 3.8) is 0 Å². The van der Waals surface area contributed by atoms with E-state index in [1.54, 1.807) is 20.1 Å². The van der Waals surface area contributed by atoms with E-state index in [1.807, 2.05) is 39.8 Å². The first-order chi connectivity index (χ1) is 15.0. The molecule has 1 amide bonds. The van der Waals surface area contributed by atoms with Crippen LogP contribution < -0.4 is 10.3 Å². The first-order valence-electron chi connectivity index (χ1n) is 10.6. The first kappa shape index (κ1) is 19.6. The number of carbonyl (C=O) groups excluding carboxylic acids is 1. The van der Waals surface area contributed by atoms with Gasteiger partial charge in [0.05, 0.1) is 7.11 Å². The molecule has 2 aromatic heterocycles. The largest absolute Gasteiger partial charge is 0.497 e. The molecule has 5 rings (SSSR count). The van der Waals surface area contributed by atoms with Crippen LogP contribution in [0.25, 0.3) is 0 Å². The van der Waals surface area contributed by atoms with E-state index in [0.29, 0.717) is 31.1 Å². The molecule has 7 nitrogen and oxygen atoms in total. The van der Waals surface area contributed by atoms with Crippen molar-refractivity contribution in [2.24, 2.45) is 5.92 Å². The Kier molecular flexibility index (Phi) is 4.88. The van der Waals surface area contributed by atoms with E-state index in [4.69, 9.17) is 9.15 Å². The van der Waals surface area contributed by atoms with Crippen LogP contribution in [0.2, 0.25) is 0 Å². The van der Waals surface area contributed by atoms with E-state index in [-0.39, 0.29) is 29.3 Å². The number of oxazole rings is 1. The monoisotopic (exact) mass is 419 g/mol. The normalized spacial score (nSPS) is 22.1. The Morgan fingerprint density at radius 3 is 2.84 bits per heavy atom. The molecule has 31 heavy (non-hydrogen) atoms. The second kappa shape index (κ2) is 7.72. The van der Waals surface area contributed by atoms with Gasteiger partial charge >= 0.3 is 0 Å². The van der Waals surface area contributed by atoms with E-state index in [2.05, 4.69) is 11.1 Å². The predicted molar refractivity (Wildman–Crippen MR) is 114 cm³/mol. The molecule has 160 valence electrons. The van der Waals surface area contributed by atoms with Gasteiger partial charge in [-0.05, 0) is 42.5 Å². The fraction of sp³-hybridized carbons (Fsp3) is 0.375. The summed E-state index contributed by atoms with van der Waals surface area (Å²) in [7, 11) is 1.65. The Labute approximate surface area is 180 Å². The number of hydrogen-bond donors (Lipinski definition) is 0. The minimum absolute atomic E-state index is 0.0204. The number of carbonyl (C=O) groups is 1. The fourth-order valence-electron chi connectivity index (χ4n) is 5.13. The molecule has 0 unspecified atom stereocenters. The van der Waals surface area contributed by atoms with Crippen molar-refractivity contribution in [2.45, 2.75) is 31.7 Å². The van der Waals surface area contributed by atoms with Gasteiger partial charge in [-0.25, -0.2) is 4.98 Å². The molecule has 1 aromatic carbocycles. The lowest BCUT2D eigenvalue weighted by Crippen LogP contribution is -2.51. The van der Waals surface area contributed by atoms with Crippen LogP contribution >= 0.6 is 0 Å². The average Bonchev–Trinajstić information content (AvgIpc) is 3.22. The molecule has 1 fully saturated rings. The summed E-state index contributed by atoms with van der Waals surface area (Å²) >= 11 is 0. The van der Waals surface area contributed by atoms with Gasteiger partial charge in [0.2, 0.25) is 0 Å². The molecular weight excluding hydrogens is 394 g/mol. The zero-order chi connectivity index (χ0) is 21.5. The third kappa shape index (κ3) is 3.54. The summed E-state index contributed by atoms with van der Waals surface area (Å²) < 4.78 is 12.6. The second-order valence-electron chi connectivity index (χ2n) is 8.44. The van der Waals surface area contributed by atoms with Gasteiger partial charge in [0.1, 0.15) is 12.0 Å². The number of likely N-dealkylation sites (tertiary alicyclic amines) is 1. The maximum Gasteiger partial charge on any atom is 0.275 e. The lowest BCUT2D eigenvalue weighted by atomic mass is 9.76. The molecule has 2 aliphatic heterocycles. The molecule has 0 N–H and O–H groups in total. The number of fused-ring (bicyclic) bond motifs is 4. The highest BCUT2D eigenvalue weighted by atomic mass is 16.5. The molecule has 7 heteroatoms. The number of nitrogens with zero attached hydrogens (tertiary/aromatic N) is 3. The van der Waals surface area contributed by atoms with Crippen molar-refractivity contribution < 1.29 is 13.9 Å². The van der Waals surface area contributed by atoms with Crippen LogP contribution in [-0.2, 0) is 6.42 Å². The van der Waals surface area contributed by atoms with Crippen molar-refractivity contribution in [2.75, 3.05) is 20.2 Å². The minimum Gasteiger partial charge on any atom is -0.497 e. The van der Waals surface area contributed by atoms with E-state index in [9.17, 15) is 9.59 Å². The highest BCUT2D eigenvalue weighted by molar-refractivity contribution is 5.92. The quantitative estimate of drug-likeness (QED) is 0.649. The van der Waals surface area contributed by atoms with Gasteiger partial charge in [-0.15, -0.1) is 0 Å². The molecule has 0 radical (unpaired) electrons. The Morgan fingerprint density at radius 1 is 1.23 bits per heavy atom. The maximum atomic E-state index is 13.1. The maximum absolute atomic E-state index is 13.1. The van der Waals surface area contributed by atoms with Crippen molar-refractivity contribution in [3.05, 3.63) is 81.9 Å². The topological polar surface area (TPSA) is 77.6 Å². The number of ether oxygens (including phenoxy) is 1. The number of rotatable bonds is 4. The lowest BCUT2D eigenvalue weighted by molar-refractivity contribution is 0.0523. The van der Waals surface area contributed by atoms with Gasteiger partial charge in [0.25, 0.3) is 11.5 Å². The number of hydrogen-bond acceptors (Lipinski definition) is 5. The molecule has 0 spiro atoms. The zero-order valence-electron chi connectivity index (χ0n) is 17.7. The van der Waals surface area contributed by atoms with Crippen molar-refractivity contribution in [1.82, 2.24) is 14.5 Å². The SMILES string of the molecule is COc1cccc(C[C@H]2[C@H]3C[C@H](CN(C(=O)c4coc(C)n4)C3)c3cccc(=O)n32)c1. The van der Waals surface area contributed by atoms with Gasteiger partial charge in [-0.3, -0.25) is 9.59 Å². The number of amides is 1. The second-order valence-corrected chi connectivity index (χ2v) is 8.44. The van der Waals surface area contributed by atoms with Gasteiger partial charge in [0, 0.05) is 43.7 Å². The molecule has 0 saturated carbocycles. The zero-order valence-corrected chi connectivity index (χ0v) is 17.7. The number of aromatic nitrogens is 2. The summed E-state index contributed by atoms with van der Waals surface area (Å²) in [5.41, 5.74) is 2.48. The summed E-state index contributed by atoms with van der Waals surface area (Å²) in [6.07, 6.45) is 3.09. The summed E-state index contributed by atoms with van der Waals surface area (Å²) in [4.78, 5) is 32.1. The van der Waals surface area contributed by atoms with Crippen LogP contribution in [-0.4, -0.2) is 40.6 Å². The Bertz CT molecular complexity index is 1180. The van der Waals surface area contributed by atoms with Crippen LogP contribution in [0.5, 0.6) is 5.75 Å². The Morgan fingerprint density at radius 2 is 2.06 bits per heavy atom. The molecule has 1 saturated heterocycles. The average molecular weight is 419 g/mol. The third-order valence-electron chi connectivity index (χ3n) is 6.50. The van der Waals surface area contributed by atoms with Gasteiger partial charge in [-0.1, -0.05) is 18.2 Å². The molecule has 2 bridgehead atoms. The number of benzene rings is 1. The molecule has 3 aromatic rings.